The lowest BCUT2D eigenvalue weighted by Crippen LogP contribution is -2.32. The highest BCUT2D eigenvalue weighted by Gasteiger charge is 2.32. The Morgan fingerprint density at radius 3 is 2.50 bits per heavy atom. The van der Waals surface area contributed by atoms with E-state index in [2.05, 4.69) is 5.32 Å². The average molecular weight is 269 g/mol. The molecule has 100 valence electrons. The normalized spacial score (nSPS) is 20.4. The first kappa shape index (κ1) is 13.7. The first-order chi connectivity index (χ1) is 8.58. The molecule has 0 bridgehead atoms. The molecule has 0 amide bonds. The van der Waals surface area contributed by atoms with Gasteiger partial charge in [0.25, 0.3) is 0 Å². The third-order valence-corrected chi connectivity index (χ3v) is 4.81. The summed E-state index contributed by atoms with van der Waals surface area (Å²) in [4.78, 5) is 0. The first-order valence-corrected chi connectivity index (χ1v) is 8.01. The Morgan fingerprint density at radius 2 is 2.00 bits per heavy atom. The van der Waals surface area contributed by atoms with E-state index < -0.39 is 10.8 Å². The molecule has 1 fully saturated rings. The van der Waals surface area contributed by atoms with Crippen LogP contribution in [0, 0.1) is 11.7 Å². The summed E-state index contributed by atoms with van der Waals surface area (Å²) in [6, 6.07) is 6.98. The Labute approximate surface area is 110 Å². The van der Waals surface area contributed by atoms with Crippen molar-refractivity contribution in [3.63, 3.8) is 0 Å². The van der Waals surface area contributed by atoms with E-state index >= 15 is 0 Å². The van der Waals surface area contributed by atoms with Crippen molar-refractivity contribution in [2.45, 2.75) is 31.1 Å². The summed E-state index contributed by atoms with van der Waals surface area (Å²) in [5.41, 5.74) is 1.13. The van der Waals surface area contributed by atoms with Gasteiger partial charge in [-0.25, -0.2) is 4.39 Å². The molecule has 1 saturated carbocycles. The van der Waals surface area contributed by atoms with Crippen LogP contribution in [-0.2, 0) is 10.8 Å². The fourth-order valence-electron chi connectivity index (χ4n) is 2.07. The molecule has 1 aromatic rings. The highest BCUT2D eigenvalue weighted by Crippen LogP contribution is 2.40. The van der Waals surface area contributed by atoms with E-state index in [1.54, 1.807) is 6.26 Å². The maximum atomic E-state index is 12.9. The van der Waals surface area contributed by atoms with E-state index in [4.69, 9.17) is 0 Å². The second-order valence-electron chi connectivity index (χ2n) is 5.08. The molecule has 1 aromatic carbocycles. The minimum atomic E-state index is -0.802. The quantitative estimate of drug-likeness (QED) is 0.860. The van der Waals surface area contributed by atoms with E-state index in [9.17, 15) is 8.60 Å². The van der Waals surface area contributed by atoms with E-state index in [1.165, 1.54) is 25.0 Å². The molecule has 1 aliphatic carbocycles. The second-order valence-corrected chi connectivity index (χ2v) is 6.89. The van der Waals surface area contributed by atoms with Gasteiger partial charge in [-0.15, -0.1) is 0 Å². The third kappa shape index (κ3) is 3.62. The number of hydrogen-bond donors (Lipinski definition) is 1. The molecule has 0 heterocycles. The van der Waals surface area contributed by atoms with Gasteiger partial charge in [0.1, 0.15) is 5.82 Å². The van der Waals surface area contributed by atoms with Gasteiger partial charge in [-0.1, -0.05) is 12.1 Å². The Hall–Kier alpha value is -0.740. The molecule has 0 aromatic heterocycles. The molecule has 18 heavy (non-hydrogen) atoms. The topological polar surface area (TPSA) is 29.1 Å². The summed E-state index contributed by atoms with van der Waals surface area (Å²) in [7, 11) is -0.802. The van der Waals surface area contributed by atoms with E-state index in [0.717, 1.165) is 12.1 Å². The molecule has 0 spiro atoms. The van der Waals surface area contributed by atoms with E-state index in [-0.39, 0.29) is 17.1 Å². The van der Waals surface area contributed by atoms with Gasteiger partial charge in [0.15, 0.2) is 0 Å². The van der Waals surface area contributed by atoms with Crippen LogP contribution in [0.3, 0.4) is 0 Å². The standard InChI is InChI=1S/C14H20FNOS/c1-10(18(2)17)9-16-14(11-3-4-11)12-5-7-13(15)8-6-12/h5-8,10-11,14,16H,3-4,9H2,1-2H3. The average Bonchev–Trinajstić information content (AvgIpc) is 3.15. The van der Waals surface area contributed by atoms with Gasteiger partial charge >= 0.3 is 0 Å². The SMILES string of the molecule is CC(CNC(c1ccc(F)cc1)C1CC1)S(C)=O. The van der Waals surface area contributed by atoms with Crippen molar-refractivity contribution in [3.05, 3.63) is 35.6 Å². The van der Waals surface area contributed by atoms with Gasteiger partial charge in [0.2, 0.25) is 0 Å². The Balaban J connectivity index is 2.00. The smallest absolute Gasteiger partial charge is 0.123 e. The molecule has 3 atom stereocenters. The number of rotatable bonds is 6. The molecule has 3 unspecified atom stereocenters. The Morgan fingerprint density at radius 1 is 1.39 bits per heavy atom. The molecular weight excluding hydrogens is 249 g/mol. The fourth-order valence-corrected chi connectivity index (χ4v) is 2.40. The number of nitrogens with one attached hydrogen (secondary N) is 1. The zero-order chi connectivity index (χ0) is 13.1. The van der Waals surface area contributed by atoms with Gasteiger partial charge in [-0.05, 0) is 43.4 Å². The highest BCUT2D eigenvalue weighted by molar-refractivity contribution is 7.84. The maximum absolute atomic E-state index is 12.9. The van der Waals surface area contributed by atoms with Crippen molar-refractivity contribution < 1.29 is 8.60 Å². The van der Waals surface area contributed by atoms with Crippen molar-refractivity contribution in [3.8, 4) is 0 Å². The van der Waals surface area contributed by atoms with Crippen LogP contribution >= 0.6 is 0 Å². The fraction of sp³-hybridized carbons (Fsp3) is 0.571. The largest absolute Gasteiger partial charge is 0.309 e. The van der Waals surface area contributed by atoms with Crippen LogP contribution in [-0.4, -0.2) is 22.3 Å². The molecule has 1 aliphatic rings. The van der Waals surface area contributed by atoms with Crippen LogP contribution in [0.1, 0.15) is 31.4 Å². The summed E-state index contributed by atoms with van der Waals surface area (Å²) in [5.74, 6) is 0.448. The Bertz CT molecular complexity index is 416. The van der Waals surface area contributed by atoms with Gasteiger partial charge in [0.05, 0.1) is 0 Å². The van der Waals surface area contributed by atoms with Gasteiger partial charge in [0, 0.05) is 34.9 Å². The Kier molecular flexibility index (Phi) is 4.51. The van der Waals surface area contributed by atoms with Crippen LogP contribution in [0.25, 0.3) is 0 Å². The molecule has 2 nitrogen and oxygen atoms in total. The molecular formula is C14H20FNOS. The zero-order valence-electron chi connectivity index (χ0n) is 10.9. The molecule has 1 N–H and O–H groups in total. The predicted octanol–water partition coefficient (Wildman–Crippen LogP) is 2.63. The minimum absolute atomic E-state index is 0.145. The lowest BCUT2D eigenvalue weighted by Gasteiger charge is -2.20. The van der Waals surface area contributed by atoms with Gasteiger partial charge < -0.3 is 5.32 Å². The van der Waals surface area contributed by atoms with Crippen LogP contribution in [0.4, 0.5) is 4.39 Å². The van der Waals surface area contributed by atoms with E-state index in [1.807, 2.05) is 19.1 Å². The summed E-state index contributed by atoms with van der Waals surface area (Å²) < 4.78 is 24.3. The monoisotopic (exact) mass is 269 g/mol. The second kappa shape index (κ2) is 5.93. The lowest BCUT2D eigenvalue weighted by molar-refractivity contribution is 0.481. The van der Waals surface area contributed by atoms with Crippen LogP contribution in [0.2, 0.25) is 0 Å². The first-order valence-electron chi connectivity index (χ1n) is 6.39. The lowest BCUT2D eigenvalue weighted by atomic mass is 10.0. The number of halogens is 1. The summed E-state index contributed by atoms with van der Waals surface area (Å²) >= 11 is 0. The minimum Gasteiger partial charge on any atom is -0.309 e. The molecule has 4 heteroatoms. The van der Waals surface area contributed by atoms with Crippen LogP contribution in [0.5, 0.6) is 0 Å². The molecule has 0 radical (unpaired) electrons. The van der Waals surface area contributed by atoms with Crippen LogP contribution in [0.15, 0.2) is 24.3 Å². The maximum Gasteiger partial charge on any atom is 0.123 e. The number of hydrogen-bond acceptors (Lipinski definition) is 2. The summed E-state index contributed by atoms with van der Waals surface area (Å²) in [6.07, 6.45) is 4.17. The van der Waals surface area contributed by atoms with Crippen molar-refractivity contribution in [1.29, 1.82) is 0 Å². The van der Waals surface area contributed by atoms with Gasteiger partial charge in [-0.3, -0.25) is 4.21 Å². The van der Waals surface area contributed by atoms with Gasteiger partial charge in [-0.2, -0.15) is 0 Å². The highest BCUT2D eigenvalue weighted by atomic mass is 32.2. The van der Waals surface area contributed by atoms with Crippen molar-refractivity contribution in [2.24, 2.45) is 5.92 Å². The molecule has 2 rings (SSSR count). The summed E-state index contributed by atoms with van der Waals surface area (Å²) in [5, 5.41) is 3.63. The van der Waals surface area contributed by atoms with Crippen molar-refractivity contribution in [1.82, 2.24) is 5.32 Å². The van der Waals surface area contributed by atoms with Crippen molar-refractivity contribution >= 4 is 10.8 Å². The predicted molar refractivity (Wildman–Crippen MR) is 73.4 cm³/mol. The number of benzene rings is 1. The van der Waals surface area contributed by atoms with Crippen LogP contribution < -0.4 is 5.32 Å². The third-order valence-electron chi connectivity index (χ3n) is 3.51. The summed E-state index contributed by atoms with van der Waals surface area (Å²) in [6.45, 7) is 2.72. The van der Waals surface area contributed by atoms with E-state index in [0.29, 0.717) is 5.92 Å². The molecule has 0 aliphatic heterocycles. The molecule has 0 saturated heterocycles. The zero-order valence-corrected chi connectivity index (χ0v) is 11.7. The van der Waals surface area contributed by atoms with Crippen molar-refractivity contribution in [2.75, 3.05) is 12.8 Å².